The fraction of sp³-hybridized carbons (Fsp3) is 0.579. The molecule has 0 spiro atoms. The third-order valence-corrected chi connectivity index (χ3v) is 6.05. The summed E-state index contributed by atoms with van der Waals surface area (Å²) in [6, 6.07) is 9.99. The Labute approximate surface area is 158 Å². The Morgan fingerprint density at radius 1 is 1.23 bits per heavy atom. The summed E-state index contributed by atoms with van der Waals surface area (Å²) in [6.07, 6.45) is 2.71. The Hall–Kier alpha value is -1.73. The molecule has 6 nitrogen and oxygen atoms in total. The molecule has 2 saturated heterocycles. The van der Waals surface area contributed by atoms with Gasteiger partial charge in [-0.2, -0.15) is 11.8 Å². The number of aliphatic hydroxyl groups excluding tert-OH is 1. The van der Waals surface area contributed by atoms with Crippen LogP contribution in [-0.4, -0.2) is 78.2 Å². The van der Waals surface area contributed by atoms with Crippen molar-refractivity contribution in [1.29, 1.82) is 0 Å². The molecular formula is C19H27N3O3S. The van der Waals surface area contributed by atoms with Crippen molar-refractivity contribution in [2.24, 2.45) is 11.3 Å². The molecule has 26 heavy (non-hydrogen) atoms. The summed E-state index contributed by atoms with van der Waals surface area (Å²) in [7, 11) is 0. The summed E-state index contributed by atoms with van der Waals surface area (Å²) in [4.78, 5) is 28.3. The lowest BCUT2D eigenvalue weighted by atomic mass is 9.82. The maximum absolute atomic E-state index is 12.5. The third kappa shape index (κ3) is 3.99. The number of likely N-dealkylation sites (tertiary alicyclic amines) is 2. The van der Waals surface area contributed by atoms with Crippen molar-refractivity contribution >= 4 is 23.7 Å². The van der Waals surface area contributed by atoms with Gasteiger partial charge in [-0.3, -0.25) is 4.79 Å². The van der Waals surface area contributed by atoms with E-state index in [0.29, 0.717) is 38.5 Å². The summed E-state index contributed by atoms with van der Waals surface area (Å²) in [6.45, 7) is 2.88. The molecule has 7 heteroatoms. The van der Waals surface area contributed by atoms with Gasteiger partial charge >= 0.3 is 6.03 Å². The Kier molecular flexibility index (Phi) is 6.09. The minimum absolute atomic E-state index is 0.00844. The highest BCUT2D eigenvalue weighted by Gasteiger charge is 2.54. The van der Waals surface area contributed by atoms with E-state index in [0.717, 1.165) is 6.42 Å². The molecular weight excluding hydrogens is 350 g/mol. The minimum Gasteiger partial charge on any atom is -0.396 e. The van der Waals surface area contributed by atoms with Crippen LogP contribution in [0.3, 0.4) is 0 Å². The lowest BCUT2D eigenvalue weighted by Gasteiger charge is -2.27. The maximum atomic E-state index is 12.5. The highest BCUT2D eigenvalue weighted by molar-refractivity contribution is 7.99. The summed E-state index contributed by atoms with van der Waals surface area (Å²) in [5, 5.41) is 13.0. The second-order valence-corrected chi connectivity index (χ2v) is 8.14. The van der Waals surface area contributed by atoms with Crippen molar-refractivity contribution in [1.82, 2.24) is 15.1 Å². The smallest absolute Gasteiger partial charge is 0.317 e. The molecule has 3 amide bonds. The molecule has 2 fully saturated rings. The van der Waals surface area contributed by atoms with Gasteiger partial charge in [0.15, 0.2) is 0 Å². The van der Waals surface area contributed by atoms with Crippen LogP contribution >= 0.6 is 11.8 Å². The summed E-state index contributed by atoms with van der Waals surface area (Å²) in [5.41, 5.74) is 0.825. The molecule has 3 rings (SSSR count). The largest absolute Gasteiger partial charge is 0.396 e. The van der Waals surface area contributed by atoms with Crippen LogP contribution in [0.2, 0.25) is 0 Å². The van der Waals surface area contributed by atoms with Crippen LogP contribution in [0.15, 0.2) is 30.3 Å². The van der Waals surface area contributed by atoms with E-state index in [2.05, 4.69) is 5.32 Å². The van der Waals surface area contributed by atoms with Crippen LogP contribution in [0, 0.1) is 11.3 Å². The number of urea groups is 1. The summed E-state index contributed by atoms with van der Waals surface area (Å²) >= 11 is 1.52. The molecule has 0 aliphatic carbocycles. The highest BCUT2D eigenvalue weighted by Crippen LogP contribution is 2.42. The summed E-state index contributed by atoms with van der Waals surface area (Å²) < 4.78 is 0. The fourth-order valence-electron chi connectivity index (χ4n) is 4.03. The standard InChI is InChI=1S/C19H27N3O3S/c1-26-11-17(24)21-9-16-10-22(13-19(16,12-21)14-23)18(25)20-8-7-15-5-3-2-4-6-15/h2-6,16,23H,7-14H2,1H3,(H,20,25). The molecule has 0 saturated carbocycles. The Morgan fingerprint density at radius 3 is 2.58 bits per heavy atom. The first kappa shape index (κ1) is 19.0. The van der Waals surface area contributed by atoms with Gasteiger partial charge in [0, 0.05) is 44.1 Å². The van der Waals surface area contributed by atoms with E-state index in [1.54, 1.807) is 4.90 Å². The van der Waals surface area contributed by atoms with E-state index in [1.807, 2.05) is 41.5 Å². The average molecular weight is 378 g/mol. The maximum Gasteiger partial charge on any atom is 0.317 e. The lowest BCUT2D eigenvalue weighted by Crippen LogP contribution is -2.44. The van der Waals surface area contributed by atoms with Crippen molar-refractivity contribution in [2.75, 3.05) is 51.3 Å². The fourth-order valence-corrected chi connectivity index (χ4v) is 4.46. The molecule has 0 bridgehead atoms. The molecule has 2 unspecified atom stereocenters. The van der Waals surface area contributed by atoms with Gasteiger partial charge in [-0.1, -0.05) is 30.3 Å². The monoisotopic (exact) mass is 377 g/mol. The number of fused-ring (bicyclic) bond motifs is 1. The number of aliphatic hydroxyl groups is 1. The molecule has 2 aliphatic heterocycles. The van der Waals surface area contributed by atoms with Gasteiger partial charge in [-0.05, 0) is 18.2 Å². The van der Waals surface area contributed by atoms with Crippen molar-refractivity contribution in [2.45, 2.75) is 6.42 Å². The number of carbonyl (C=O) groups is 2. The minimum atomic E-state index is -0.370. The number of rotatable bonds is 6. The number of benzene rings is 1. The Morgan fingerprint density at radius 2 is 1.92 bits per heavy atom. The number of thioether (sulfide) groups is 1. The average Bonchev–Trinajstić information content (AvgIpc) is 3.17. The third-order valence-electron chi connectivity index (χ3n) is 5.51. The second kappa shape index (κ2) is 8.31. The zero-order chi connectivity index (χ0) is 18.6. The number of carbonyl (C=O) groups excluding carboxylic acids is 2. The number of hydrogen-bond donors (Lipinski definition) is 2. The van der Waals surface area contributed by atoms with Crippen molar-refractivity contribution < 1.29 is 14.7 Å². The zero-order valence-electron chi connectivity index (χ0n) is 15.2. The van der Waals surface area contributed by atoms with Crippen LogP contribution in [-0.2, 0) is 11.2 Å². The zero-order valence-corrected chi connectivity index (χ0v) is 16.0. The van der Waals surface area contributed by atoms with Crippen LogP contribution in [0.1, 0.15) is 5.56 Å². The van der Waals surface area contributed by atoms with E-state index in [4.69, 9.17) is 0 Å². The molecule has 0 radical (unpaired) electrons. The highest BCUT2D eigenvalue weighted by atomic mass is 32.2. The van der Waals surface area contributed by atoms with E-state index >= 15 is 0 Å². The van der Waals surface area contributed by atoms with Gasteiger partial charge < -0.3 is 20.2 Å². The van der Waals surface area contributed by atoms with Crippen LogP contribution in [0.4, 0.5) is 4.79 Å². The molecule has 1 aromatic carbocycles. The molecule has 2 N–H and O–H groups in total. The number of nitrogens with one attached hydrogen (secondary N) is 1. The van der Waals surface area contributed by atoms with Gasteiger partial charge in [-0.15, -0.1) is 0 Å². The quantitative estimate of drug-likeness (QED) is 0.777. The molecule has 2 heterocycles. The topological polar surface area (TPSA) is 72.9 Å². The van der Waals surface area contributed by atoms with Gasteiger partial charge in [-0.25, -0.2) is 4.79 Å². The summed E-state index contributed by atoms with van der Waals surface area (Å²) in [5.74, 6) is 0.745. The Balaban J connectivity index is 1.51. The Bertz CT molecular complexity index is 642. The van der Waals surface area contributed by atoms with Crippen LogP contribution < -0.4 is 5.32 Å². The molecule has 1 aromatic rings. The first-order valence-corrected chi connectivity index (χ1v) is 10.4. The normalized spacial score (nSPS) is 24.6. The molecule has 0 aromatic heterocycles. The van der Waals surface area contributed by atoms with Crippen molar-refractivity contribution in [3.05, 3.63) is 35.9 Å². The first-order chi connectivity index (χ1) is 12.6. The predicted molar refractivity (Wildman–Crippen MR) is 103 cm³/mol. The molecule has 142 valence electrons. The number of hydrogen-bond acceptors (Lipinski definition) is 4. The van der Waals surface area contributed by atoms with Gasteiger partial charge in [0.2, 0.25) is 5.91 Å². The number of amides is 3. The van der Waals surface area contributed by atoms with Crippen LogP contribution in [0.5, 0.6) is 0 Å². The molecule has 2 aliphatic rings. The van der Waals surface area contributed by atoms with E-state index < -0.39 is 0 Å². The van der Waals surface area contributed by atoms with E-state index in [1.165, 1.54) is 17.3 Å². The lowest BCUT2D eigenvalue weighted by molar-refractivity contribution is -0.128. The number of nitrogens with zero attached hydrogens (tertiary/aromatic N) is 2. The van der Waals surface area contributed by atoms with Gasteiger partial charge in [0.05, 0.1) is 12.4 Å². The predicted octanol–water partition coefficient (Wildman–Crippen LogP) is 1.05. The van der Waals surface area contributed by atoms with E-state index in [-0.39, 0.29) is 29.9 Å². The van der Waals surface area contributed by atoms with Crippen LogP contribution in [0.25, 0.3) is 0 Å². The van der Waals surface area contributed by atoms with Gasteiger partial charge in [0.1, 0.15) is 0 Å². The van der Waals surface area contributed by atoms with Crippen molar-refractivity contribution in [3.8, 4) is 0 Å². The first-order valence-electron chi connectivity index (χ1n) is 9.02. The SMILES string of the molecule is CSCC(=O)N1CC2CN(C(=O)NCCc3ccccc3)CC2(CO)C1. The van der Waals surface area contributed by atoms with E-state index in [9.17, 15) is 14.7 Å². The van der Waals surface area contributed by atoms with Crippen molar-refractivity contribution in [3.63, 3.8) is 0 Å². The second-order valence-electron chi connectivity index (χ2n) is 7.27. The molecule has 2 atom stereocenters. The van der Waals surface area contributed by atoms with Gasteiger partial charge in [0.25, 0.3) is 0 Å².